The third kappa shape index (κ3) is 4.08. The fraction of sp³-hybridized carbons (Fsp3) is 0.318. The molecule has 2 N–H and O–H groups in total. The second-order valence-corrected chi connectivity index (χ2v) is 6.51. The molecule has 0 bridgehead atoms. The van der Waals surface area contributed by atoms with Crippen LogP contribution in [-0.2, 0) is 9.53 Å². The zero-order valence-electron chi connectivity index (χ0n) is 16.8. The summed E-state index contributed by atoms with van der Waals surface area (Å²) in [7, 11) is 3.77. The Labute approximate surface area is 162 Å². The van der Waals surface area contributed by atoms with Gasteiger partial charge in [-0.05, 0) is 26.3 Å². The van der Waals surface area contributed by atoms with Crippen LogP contribution in [0.1, 0.15) is 32.3 Å². The van der Waals surface area contributed by atoms with E-state index in [1.54, 1.807) is 0 Å². The lowest BCUT2D eigenvalue weighted by Crippen LogP contribution is -2.37. The molecular formula is C22H29N3O2. The van der Waals surface area contributed by atoms with Gasteiger partial charge in [0.1, 0.15) is 5.82 Å². The molecule has 1 aliphatic heterocycles. The number of ether oxygens (including phenoxy) is 1. The molecule has 1 aromatic carbocycles. The second kappa shape index (κ2) is 8.62. The summed E-state index contributed by atoms with van der Waals surface area (Å²) in [6.45, 7) is 14.2. The highest BCUT2D eigenvalue weighted by molar-refractivity contribution is 5.93. The molecule has 0 aromatic heterocycles. The van der Waals surface area contributed by atoms with Gasteiger partial charge in [-0.25, -0.2) is 4.79 Å². The van der Waals surface area contributed by atoms with Gasteiger partial charge in [0.2, 0.25) is 0 Å². The van der Waals surface area contributed by atoms with Crippen LogP contribution in [0.25, 0.3) is 0 Å². The van der Waals surface area contributed by atoms with Crippen molar-refractivity contribution >= 4 is 5.97 Å². The van der Waals surface area contributed by atoms with Crippen LogP contribution in [0.2, 0.25) is 0 Å². The van der Waals surface area contributed by atoms with E-state index in [0.29, 0.717) is 12.2 Å². The second-order valence-electron chi connectivity index (χ2n) is 6.51. The quantitative estimate of drug-likeness (QED) is 0.721. The summed E-state index contributed by atoms with van der Waals surface area (Å²) in [5.41, 5.74) is 4.85. The number of dihydropyridines is 1. The fourth-order valence-corrected chi connectivity index (χ4v) is 3.18. The number of nitrogens with zero attached hydrogens (tertiary/aromatic N) is 1. The van der Waals surface area contributed by atoms with E-state index in [4.69, 9.17) is 4.74 Å². The Bertz CT molecular complexity index is 806. The first kappa shape index (κ1) is 20.4. The van der Waals surface area contributed by atoms with Gasteiger partial charge in [0.25, 0.3) is 0 Å². The third-order valence-corrected chi connectivity index (χ3v) is 4.71. The van der Waals surface area contributed by atoms with E-state index in [9.17, 15) is 4.79 Å². The van der Waals surface area contributed by atoms with Gasteiger partial charge in [0.15, 0.2) is 0 Å². The number of benzene rings is 1. The van der Waals surface area contributed by atoms with Crippen LogP contribution < -0.4 is 10.6 Å². The number of rotatable bonds is 7. The average Bonchev–Trinajstić information content (AvgIpc) is 2.66. The van der Waals surface area contributed by atoms with Crippen LogP contribution in [0.5, 0.6) is 0 Å². The molecule has 1 atom stereocenters. The van der Waals surface area contributed by atoms with Crippen molar-refractivity contribution in [3.63, 3.8) is 0 Å². The monoisotopic (exact) mass is 367 g/mol. The maximum atomic E-state index is 12.8. The number of hydrogen-bond acceptors (Lipinski definition) is 5. The van der Waals surface area contributed by atoms with Gasteiger partial charge in [0, 0.05) is 42.7 Å². The van der Waals surface area contributed by atoms with Gasteiger partial charge >= 0.3 is 5.97 Å². The first-order chi connectivity index (χ1) is 12.8. The molecule has 1 unspecified atom stereocenters. The summed E-state index contributed by atoms with van der Waals surface area (Å²) in [6.07, 6.45) is 0. The third-order valence-electron chi connectivity index (χ3n) is 4.71. The Morgan fingerprint density at radius 3 is 2.41 bits per heavy atom. The van der Waals surface area contributed by atoms with Crippen molar-refractivity contribution in [3.8, 4) is 0 Å². The zero-order chi connectivity index (χ0) is 20.1. The minimum atomic E-state index is -0.324. The summed E-state index contributed by atoms with van der Waals surface area (Å²) < 4.78 is 5.37. The zero-order valence-corrected chi connectivity index (χ0v) is 16.8. The van der Waals surface area contributed by atoms with E-state index in [1.807, 2.05) is 70.1 Å². The lowest BCUT2D eigenvalue weighted by Gasteiger charge is -2.37. The van der Waals surface area contributed by atoms with E-state index in [2.05, 4.69) is 23.8 Å². The minimum absolute atomic E-state index is 0.303. The number of likely N-dealkylation sites (N-methyl/N-ethyl adjacent to an activating group) is 1. The largest absolute Gasteiger partial charge is 0.463 e. The van der Waals surface area contributed by atoms with Crippen molar-refractivity contribution in [2.45, 2.75) is 26.7 Å². The van der Waals surface area contributed by atoms with Crippen LogP contribution in [0.3, 0.4) is 0 Å². The molecule has 144 valence electrons. The predicted molar refractivity (Wildman–Crippen MR) is 109 cm³/mol. The molecule has 0 spiro atoms. The highest BCUT2D eigenvalue weighted by Crippen LogP contribution is 2.41. The number of hydrogen-bond donors (Lipinski definition) is 2. The maximum absolute atomic E-state index is 12.8. The Kier molecular flexibility index (Phi) is 6.50. The Hall–Kier alpha value is -2.95. The van der Waals surface area contributed by atoms with Crippen LogP contribution >= 0.6 is 0 Å². The van der Waals surface area contributed by atoms with Gasteiger partial charge in [-0.3, -0.25) is 0 Å². The van der Waals surface area contributed by atoms with Crippen molar-refractivity contribution in [1.82, 2.24) is 15.5 Å². The number of esters is 1. The molecule has 5 heteroatoms. The summed E-state index contributed by atoms with van der Waals surface area (Å²) in [5, 5.41) is 6.52. The van der Waals surface area contributed by atoms with E-state index < -0.39 is 0 Å². The first-order valence-corrected chi connectivity index (χ1v) is 9.03. The number of nitrogens with one attached hydrogen (secondary N) is 2. The van der Waals surface area contributed by atoms with Gasteiger partial charge in [-0.15, -0.1) is 0 Å². The van der Waals surface area contributed by atoms with Crippen LogP contribution in [-0.4, -0.2) is 31.6 Å². The van der Waals surface area contributed by atoms with Crippen LogP contribution in [0.4, 0.5) is 0 Å². The summed E-state index contributed by atoms with van der Waals surface area (Å²) >= 11 is 0. The minimum Gasteiger partial charge on any atom is -0.463 e. The average molecular weight is 367 g/mol. The number of carbonyl (C=O) groups excluding carboxylic acids is 1. The summed E-state index contributed by atoms with van der Waals surface area (Å²) in [5.74, 6) is 0.222. The van der Waals surface area contributed by atoms with Crippen LogP contribution in [0.15, 0.2) is 77.5 Å². The fourth-order valence-electron chi connectivity index (χ4n) is 3.18. The molecule has 1 aromatic rings. The van der Waals surface area contributed by atoms with Crippen molar-refractivity contribution in [1.29, 1.82) is 0 Å². The van der Waals surface area contributed by atoms with E-state index in [-0.39, 0.29) is 11.9 Å². The molecule has 5 nitrogen and oxygen atoms in total. The van der Waals surface area contributed by atoms with E-state index in [1.165, 1.54) is 0 Å². The van der Waals surface area contributed by atoms with Gasteiger partial charge < -0.3 is 20.3 Å². The Morgan fingerprint density at radius 2 is 1.89 bits per heavy atom. The molecule has 0 aliphatic carbocycles. The van der Waals surface area contributed by atoms with Crippen molar-refractivity contribution in [3.05, 3.63) is 83.1 Å². The summed E-state index contributed by atoms with van der Waals surface area (Å²) in [6, 6.07) is 9.94. The molecule has 0 radical (unpaired) electrons. The molecule has 2 rings (SSSR count). The van der Waals surface area contributed by atoms with Crippen molar-refractivity contribution in [2.75, 3.05) is 20.7 Å². The molecular weight excluding hydrogens is 338 g/mol. The van der Waals surface area contributed by atoms with Gasteiger partial charge in [-0.2, -0.15) is 0 Å². The van der Waals surface area contributed by atoms with Crippen molar-refractivity contribution in [2.24, 2.45) is 0 Å². The number of allylic oxidation sites excluding steroid dienone is 3. The lowest BCUT2D eigenvalue weighted by molar-refractivity contribution is -0.138. The lowest BCUT2D eigenvalue weighted by atomic mass is 9.80. The molecule has 0 amide bonds. The standard InChI is InChI=1S/C22H29N3O2/c1-8-27-22(26)19-16(5)24-21(25(7)14(2)3)18(15(4)23-6)20(19)17-12-10-9-11-13-17/h9-13,20,23-24H,2,4,8H2,1,3,5-7H3. The Balaban J connectivity index is 2.76. The SMILES string of the molecule is C=C(NC)C1=C(N(C)C(=C)C)NC(C)=C(C(=O)OCC)C1c1ccccc1. The van der Waals surface area contributed by atoms with Gasteiger partial charge in [0.05, 0.1) is 12.2 Å². The summed E-state index contributed by atoms with van der Waals surface area (Å²) in [4.78, 5) is 14.8. The Morgan fingerprint density at radius 1 is 1.26 bits per heavy atom. The molecule has 0 fully saturated rings. The molecule has 1 aliphatic rings. The maximum Gasteiger partial charge on any atom is 0.336 e. The highest BCUT2D eigenvalue weighted by Gasteiger charge is 2.37. The molecule has 0 saturated carbocycles. The normalized spacial score (nSPS) is 16.6. The number of carbonyl (C=O) groups is 1. The highest BCUT2D eigenvalue weighted by atomic mass is 16.5. The smallest absolute Gasteiger partial charge is 0.336 e. The first-order valence-electron chi connectivity index (χ1n) is 9.03. The molecule has 27 heavy (non-hydrogen) atoms. The molecule has 0 saturated heterocycles. The van der Waals surface area contributed by atoms with Gasteiger partial charge in [-0.1, -0.05) is 43.5 Å². The topological polar surface area (TPSA) is 53.6 Å². The predicted octanol–water partition coefficient (Wildman–Crippen LogP) is 3.62. The van der Waals surface area contributed by atoms with E-state index in [0.717, 1.165) is 34.0 Å². The van der Waals surface area contributed by atoms with Crippen LogP contribution in [0, 0.1) is 0 Å². The molecule has 1 heterocycles. The van der Waals surface area contributed by atoms with Crippen molar-refractivity contribution < 1.29 is 9.53 Å². The van der Waals surface area contributed by atoms with E-state index >= 15 is 0 Å².